The second-order valence-corrected chi connectivity index (χ2v) is 7.81. The van der Waals surface area contributed by atoms with Crippen LogP contribution in [-0.4, -0.2) is 19.6 Å². The Hall–Kier alpha value is -2.14. The van der Waals surface area contributed by atoms with Crippen molar-refractivity contribution in [3.05, 3.63) is 45.9 Å². The van der Waals surface area contributed by atoms with Crippen LogP contribution in [0.3, 0.4) is 0 Å². The van der Waals surface area contributed by atoms with E-state index in [0.717, 1.165) is 40.6 Å². The number of rotatable bonds is 6. The number of nitrogens with one attached hydrogen (secondary N) is 1. The standard InChI is InChI=1S/C20H24ClN5/c1-12-9-13(2)18(17(21)10-12)25-20-24-14(3)23-19-16(11-22-26(19)20)6-4-5-15-7-8-15/h9-11,15H,4-8H2,1-3H3,(H,23,24,25). The van der Waals surface area contributed by atoms with Crippen LogP contribution < -0.4 is 5.32 Å². The normalized spacial score (nSPS) is 14.2. The molecule has 0 radical (unpaired) electrons. The van der Waals surface area contributed by atoms with E-state index in [4.69, 9.17) is 11.6 Å². The maximum atomic E-state index is 6.45. The first-order chi connectivity index (χ1) is 12.5. The Kier molecular flexibility index (Phi) is 4.57. The molecule has 0 atom stereocenters. The summed E-state index contributed by atoms with van der Waals surface area (Å²) < 4.78 is 1.79. The van der Waals surface area contributed by atoms with Crippen molar-refractivity contribution in [1.82, 2.24) is 19.6 Å². The fraction of sp³-hybridized carbons (Fsp3) is 0.450. The molecule has 1 aliphatic carbocycles. The van der Waals surface area contributed by atoms with E-state index in [1.165, 1.54) is 31.2 Å². The molecule has 1 aromatic carbocycles. The molecule has 26 heavy (non-hydrogen) atoms. The van der Waals surface area contributed by atoms with Crippen LogP contribution in [0, 0.1) is 26.7 Å². The Bertz CT molecular complexity index is 935. The lowest BCUT2D eigenvalue weighted by Crippen LogP contribution is -2.07. The molecule has 1 fully saturated rings. The lowest BCUT2D eigenvalue weighted by Gasteiger charge is -2.13. The predicted molar refractivity (Wildman–Crippen MR) is 105 cm³/mol. The molecule has 4 rings (SSSR count). The highest BCUT2D eigenvalue weighted by molar-refractivity contribution is 6.33. The van der Waals surface area contributed by atoms with Crippen LogP contribution in [0.4, 0.5) is 11.6 Å². The Balaban J connectivity index is 1.65. The number of hydrogen-bond acceptors (Lipinski definition) is 4. The van der Waals surface area contributed by atoms with Crippen molar-refractivity contribution < 1.29 is 0 Å². The van der Waals surface area contributed by atoms with Crippen molar-refractivity contribution in [3.8, 4) is 0 Å². The third-order valence-corrected chi connectivity index (χ3v) is 5.27. The van der Waals surface area contributed by atoms with E-state index in [0.29, 0.717) is 11.0 Å². The van der Waals surface area contributed by atoms with E-state index in [2.05, 4.69) is 26.4 Å². The molecule has 2 aromatic heterocycles. The van der Waals surface area contributed by atoms with Crippen molar-refractivity contribution >= 4 is 28.9 Å². The van der Waals surface area contributed by atoms with Gasteiger partial charge in [0.1, 0.15) is 5.82 Å². The lowest BCUT2D eigenvalue weighted by molar-refractivity contribution is 0.667. The molecule has 5 nitrogen and oxygen atoms in total. The van der Waals surface area contributed by atoms with E-state index >= 15 is 0 Å². The number of hydrogen-bond donors (Lipinski definition) is 1. The molecule has 136 valence electrons. The number of anilines is 2. The minimum Gasteiger partial charge on any atom is -0.322 e. The Morgan fingerprint density at radius 3 is 2.73 bits per heavy atom. The summed E-state index contributed by atoms with van der Waals surface area (Å²) in [5.74, 6) is 2.33. The Morgan fingerprint density at radius 1 is 1.19 bits per heavy atom. The van der Waals surface area contributed by atoms with Gasteiger partial charge >= 0.3 is 0 Å². The number of fused-ring (bicyclic) bond motifs is 1. The molecular formula is C20H24ClN5. The number of aromatic nitrogens is 4. The summed E-state index contributed by atoms with van der Waals surface area (Å²) in [6, 6.07) is 4.06. The largest absolute Gasteiger partial charge is 0.322 e. The summed E-state index contributed by atoms with van der Waals surface area (Å²) in [6.07, 6.45) is 8.25. The van der Waals surface area contributed by atoms with Gasteiger partial charge in [0.25, 0.3) is 0 Å². The van der Waals surface area contributed by atoms with E-state index < -0.39 is 0 Å². The minimum atomic E-state index is 0.648. The van der Waals surface area contributed by atoms with Crippen LogP contribution in [0.15, 0.2) is 18.3 Å². The molecule has 0 unspecified atom stereocenters. The van der Waals surface area contributed by atoms with Gasteiger partial charge in [0.05, 0.1) is 16.9 Å². The average Bonchev–Trinajstić information content (AvgIpc) is 3.31. The molecule has 0 aliphatic heterocycles. The zero-order chi connectivity index (χ0) is 18.3. The summed E-state index contributed by atoms with van der Waals surface area (Å²) in [6.45, 7) is 5.99. The summed E-state index contributed by atoms with van der Waals surface area (Å²) in [5.41, 5.74) is 5.15. The van der Waals surface area contributed by atoms with Gasteiger partial charge in [-0.15, -0.1) is 0 Å². The van der Waals surface area contributed by atoms with Gasteiger partial charge in [0, 0.05) is 5.56 Å². The SMILES string of the molecule is Cc1cc(C)c(Nc2nc(C)nc3c(CCCC4CC4)cnn23)c(Cl)c1. The summed E-state index contributed by atoms with van der Waals surface area (Å²) in [7, 11) is 0. The molecule has 0 amide bonds. The smallest absolute Gasteiger partial charge is 0.232 e. The summed E-state index contributed by atoms with van der Waals surface area (Å²) in [5, 5.41) is 8.58. The highest BCUT2D eigenvalue weighted by atomic mass is 35.5. The summed E-state index contributed by atoms with van der Waals surface area (Å²) in [4.78, 5) is 9.18. The number of aryl methyl sites for hydroxylation is 4. The Labute approximate surface area is 158 Å². The van der Waals surface area contributed by atoms with Gasteiger partial charge in [-0.05, 0) is 56.7 Å². The first kappa shape index (κ1) is 17.3. The fourth-order valence-electron chi connectivity index (χ4n) is 3.46. The molecule has 0 bridgehead atoms. The van der Waals surface area contributed by atoms with E-state index in [1.54, 1.807) is 4.52 Å². The fourth-order valence-corrected chi connectivity index (χ4v) is 3.83. The number of benzene rings is 1. The number of nitrogens with zero attached hydrogens (tertiary/aromatic N) is 4. The van der Waals surface area contributed by atoms with Crippen molar-refractivity contribution in [2.75, 3.05) is 5.32 Å². The highest BCUT2D eigenvalue weighted by Gasteiger charge is 2.21. The maximum absolute atomic E-state index is 6.45. The second-order valence-electron chi connectivity index (χ2n) is 7.40. The molecule has 1 saturated carbocycles. The van der Waals surface area contributed by atoms with Gasteiger partial charge in [-0.25, -0.2) is 4.98 Å². The molecule has 3 aromatic rings. The number of halogens is 1. The van der Waals surface area contributed by atoms with E-state index in [-0.39, 0.29) is 0 Å². The van der Waals surface area contributed by atoms with Gasteiger partial charge in [0.2, 0.25) is 5.95 Å². The van der Waals surface area contributed by atoms with Crippen molar-refractivity contribution in [2.24, 2.45) is 5.92 Å². The van der Waals surface area contributed by atoms with Gasteiger partial charge in [-0.3, -0.25) is 0 Å². The third-order valence-electron chi connectivity index (χ3n) is 4.98. The molecule has 0 saturated heterocycles. The lowest BCUT2D eigenvalue weighted by atomic mass is 10.1. The van der Waals surface area contributed by atoms with Crippen LogP contribution in [-0.2, 0) is 6.42 Å². The third kappa shape index (κ3) is 3.54. The van der Waals surface area contributed by atoms with Crippen LogP contribution in [0.2, 0.25) is 5.02 Å². The highest BCUT2D eigenvalue weighted by Crippen LogP contribution is 2.34. The zero-order valence-electron chi connectivity index (χ0n) is 15.5. The molecule has 1 N–H and O–H groups in total. The van der Waals surface area contributed by atoms with Crippen molar-refractivity contribution in [2.45, 2.75) is 52.9 Å². The van der Waals surface area contributed by atoms with E-state index in [9.17, 15) is 0 Å². The van der Waals surface area contributed by atoms with Crippen molar-refractivity contribution in [1.29, 1.82) is 0 Å². The van der Waals surface area contributed by atoms with Crippen LogP contribution >= 0.6 is 11.6 Å². The van der Waals surface area contributed by atoms with Gasteiger partial charge < -0.3 is 5.32 Å². The Morgan fingerprint density at radius 2 is 2.00 bits per heavy atom. The maximum Gasteiger partial charge on any atom is 0.232 e. The van der Waals surface area contributed by atoms with Crippen LogP contribution in [0.25, 0.3) is 5.65 Å². The monoisotopic (exact) mass is 369 g/mol. The molecule has 0 spiro atoms. The molecule has 6 heteroatoms. The zero-order valence-corrected chi connectivity index (χ0v) is 16.3. The van der Waals surface area contributed by atoms with Gasteiger partial charge in [-0.1, -0.05) is 36.9 Å². The molecular weight excluding hydrogens is 346 g/mol. The first-order valence-electron chi connectivity index (χ1n) is 9.26. The second kappa shape index (κ2) is 6.88. The molecule has 1 aliphatic rings. The average molecular weight is 370 g/mol. The van der Waals surface area contributed by atoms with Gasteiger partial charge in [0.15, 0.2) is 5.65 Å². The van der Waals surface area contributed by atoms with Gasteiger partial charge in [-0.2, -0.15) is 14.6 Å². The first-order valence-corrected chi connectivity index (χ1v) is 9.64. The predicted octanol–water partition coefficient (Wildman–Crippen LogP) is 5.18. The minimum absolute atomic E-state index is 0.648. The van der Waals surface area contributed by atoms with Crippen LogP contribution in [0.1, 0.15) is 48.2 Å². The molecule has 2 heterocycles. The van der Waals surface area contributed by atoms with Crippen molar-refractivity contribution in [3.63, 3.8) is 0 Å². The summed E-state index contributed by atoms with van der Waals surface area (Å²) >= 11 is 6.45. The quantitative estimate of drug-likeness (QED) is 0.650. The van der Waals surface area contributed by atoms with E-state index in [1.807, 2.05) is 33.0 Å². The van der Waals surface area contributed by atoms with Crippen LogP contribution in [0.5, 0.6) is 0 Å². The topological polar surface area (TPSA) is 55.1 Å².